The molecule has 1 amide bonds. The topological polar surface area (TPSA) is 55.6 Å². The Kier molecular flexibility index (Phi) is 4.95. The number of amides is 1. The van der Waals surface area contributed by atoms with Crippen LogP contribution in [0.1, 0.15) is 59.3 Å². The molecule has 1 unspecified atom stereocenters. The minimum Gasteiger partial charge on any atom is -0.444 e. The third-order valence-corrected chi connectivity index (χ3v) is 4.59. The van der Waals surface area contributed by atoms with Crippen molar-refractivity contribution in [2.75, 3.05) is 13.1 Å². The Labute approximate surface area is 123 Å². The number of hydrogen-bond acceptors (Lipinski definition) is 3. The van der Waals surface area contributed by atoms with Crippen LogP contribution in [0.25, 0.3) is 0 Å². The molecule has 2 rings (SSSR count). The fourth-order valence-electron chi connectivity index (χ4n) is 3.50. The maximum Gasteiger partial charge on any atom is 0.410 e. The zero-order valence-corrected chi connectivity index (χ0v) is 13.2. The number of likely N-dealkylation sites (tertiary alicyclic amines) is 1. The molecule has 2 aliphatic rings. The van der Waals surface area contributed by atoms with Crippen molar-refractivity contribution < 1.29 is 9.53 Å². The average Bonchev–Trinajstić information content (AvgIpc) is 2.38. The standard InChI is InChI=1S/C16H30N2O2/c1-16(2,3)20-15(19)18-10-4-5-13(11-18)12-6-8-14(17)9-7-12/h12-14H,4-11,17H2,1-3H3. The Hall–Kier alpha value is -0.770. The van der Waals surface area contributed by atoms with Crippen molar-refractivity contribution in [2.45, 2.75) is 70.9 Å². The molecule has 1 aliphatic heterocycles. The Morgan fingerprint density at radius 2 is 1.75 bits per heavy atom. The minimum atomic E-state index is -0.401. The van der Waals surface area contributed by atoms with Crippen LogP contribution in [0, 0.1) is 11.8 Å². The summed E-state index contributed by atoms with van der Waals surface area (Å²) in [6.07, 6.45) is 6.96. The van der Waals surface area contributed by atoms with E-state index in [-0.39, 0.29) is 6.09 Å². The quantitative estimate of drug-likeness (QED) is 0.803. The number of hydrogen-bond donors (Lipinski definition) is 1. The summed E-state index contributed by atoms with van der Waals surface area (Å²) in [5, 5.41) is 0. The van der Waals surface area contributed by atoms with E-state index in [4.69, 9.17) is 10.5 Å². The maximum atomic E-state index is 12.2. The first kappa shape index (κ1) is 15.6. The fourth-order valence-corrected chi connectivity index (χ4v) is 3.50. The van der Waals surface area contributed by atoms with Crippen molar-refractivity contribution in [3.05, 3.63) is 0 Å². The average molecular weight is 282 g/mol. The van der Waals surface area contributed by atoms with Crippen LogP contribution in [0.5, 0.6) is 0 Å². The Morgan fingerprint density at radius 1 is 1.10 bits per heavy atom. The Bertz CT molecular complexity index is 330. The molecular weight excluding hydrogens is 252 g/mol. The third-order valence-electron chi connectivity index (χ3n) is 4.59. The van der Waals surface area contributed by atoms with Crippen LogP contribution in [0.3, 0.4) is 0 Å². The summed E-state index contributed by atoms with van der Waals surface area (Å²) in [6.45, 7) is 7.49. The van der Waals surface area contributed by atoms with Crippen molar-refractivity contribution >= 4 is 6.09 Å². The van der Waals surface area contributed by atoms with E-state index in [9.17, 15) is 4.79 Å². The second-order valence-corrected chi connectivity index (χ2v) is 7.50. The summed E-state index contributed by atoms with van der Waals surface area (Å²) in [7, 11) is 0. The highest BCUT2D eigenvalue weighted by molar-refractivity contribution is 5.68. The van der Waals surface area contributed by atoms with Gasteiger partial charge in [0.1, 0.15) is 5.60 Å². The molecule has 2 N–H and O–H groups in total. The van der Waals surface area contributed by atoms with Gasteiger partial charge in [0.2, 0.25) is 0 Å². The molecule has 4 nitrogen and oxygen atoms in total. The lowest BCUT2D eigenvalue weighted by Gasteiger charge is -2.39. The summed E-state index contributed by atoms with van der Waals surface area (Å²) in [6, 6.07) is 0.400. The predicted octanol–water partition coefficient (Wildman–Crippen LogP) is 3.15. The van der Waals surface area contributed by atoms with E-state index in [1.807, 2.05) is 25.7 Å². The van der Waals surface area contributed by atoms with Gasteiger partial charge in [-0.2, -0.15) is 0 Å². The van der Waals surface area contributed by atoms with E-state index in [2.05, 4.69) is 0 Å². The van der Waals surface area contributed by atoms with Gasteiger partial charge in [-0.15, -0.1) is 0 Å². The molecule has 1 saturated heterocycles. The SMILES string of the molecule is CC(C)(C)OC(=O)N1CCCC(C2CCC(N)CC2)C1. The number of rotatable bonds is 1. The lowest BCUT2D eigenvalue weighted by Crippen LogP contribution is -2.45. The molecule has 2 fully saturated rings. The summed E-state index contributed by atoms with van der Waals surface area (Å²) >= 11 is 0. The molecule has 1 saturated carbocycles. The molecule has 1 heterocycles. The molecule has 0 spiro atoms. The highest BCUT2D eigenvalue weighted by atomic mass is 16.6. The predicted molar refractivity (Wildman–Crippen MR) is 80.5 cm³/mol. The van der Waals surface area contributed by atoms with Gasteiger partial charge >= 0.3 is 6.09 Å². The molecule has 20 heavy (non-hydrogen) atoms. The number of piperidine rings is 1. The number of carbonyl (C=O) groups is 1. The highest BCUT2D eigenvalue weighted by Gasteiger charge is 2.33. The summed E-state index contributed by atoms with van der Waals surface area (Å²) < 4.78 is 5.50. The van der Waals surface area contributed by atoms with E-state index < -0.39 is 5.60 Å². The summed E-state index contributed by atoms with van der Waals surface area (Å²) in [4.78, 5) is 14.1. The van der Waals surface area contributed by atoms with Crippen LogP contribution in [0.4, 0.5) is 4.79 Å². The zero-order valence-electron chi connectivity index (χ0n) is 13.2. The van der Waals surface area contributed by atoms with Gasteiger partial charge in [-0.05, 0) is 71.1 Å². The second kappa shape index (κ2) is 6.33. The molecule has 0 aromatic heterocycles. The van der Waals surface area contributed by atoms with Gasteiger partial charge in [-0.25, -0.2) is 4.79 Å². The van der Waals surface area contributed by atoms with Crippen LogP contribution >= 0.6 is 0 Å². The second-order valence-electron chi connectivity index (χ2n) is 7.50. The van der Waals surface area contributed by atoms with Crippen LogP contribution < -0.4 is 5.73 Å². The third kappa shape index (κ3) is 4.37. The van der Waals surface area contributed by atoms with E-state index >= 15 is 0 Å². The normalized spacial score (nSPS) is 32.0. The molecule has 1 aliphatic carbocycles. The maximum absolute atomic E-state index is 12.2. The lowest BCUT2D eigenvalue weighted by atomic mass is 9.75. The number of nitrogens with two attached hydrogens (primary N) is 1. The summed E-state index contributed by atoms with van der Waals surface area (Å²) in [5.74, 6) is 1.39. The first-order valence-corrected chi connectivity index (χ1v) is 8.08. The minimum absolute atomic E-state index is 0.144. The molecular formula is C16H30N2O2. The first-order valence-electron chi connectivity index (χ1n) is 8.08. The van der Waals surface area contributed by atoms with Crippen LogP contribution in [-0.2, 0) is 4.74 Å². The number of ether oxygens (including phenoxy) is 1. The number of carbonyl (C=O) groups excluding carboxylic acids is 1. The van der Waals surface area contributed by atoms with E-state index in [1.165, 1.54) is 19.3 Å². The lowest BCUT2D eigenvalue weighted by molar-refractivity contribution is 0.0111. The van der Waals surface area contributed by atoms with Gasteiger partial charge in [-0.3, -0.25) is 0 Å². The van der Waals surface area contributed by atoms with Crippen molar-refractivity contribution in [3.63, 3.8) is 0 Å². The fraction of sp³-hybridized carbons (Fsp3) is 0.938. The molecule has 0 bridgehead atoms. The summed E-state index contributed by atoms with van der Waals surface area (Å²) in [5.41, 5.74) is 5.59. The van der Waals surface area contributed by atoms with Gasteiger partial charge in [0.25, 0.3) is 0 Å². The van der Waals surface area contributed by atoms with Crippen molar-refractivity contribution in [1.82, 2.24) is 4.90 Å². The molecule has 0 aromatic rings. The van der Waals surface area contributed by atoms with Crippen LogP contribution in [-0.4, -0.2) is 35.7 Å². The van der Waals surface area contributed by atoms with Gasteiger partial charge < -0.3 is 15.4 Å². The van der Waals surface area contributed by atoms with Gasteiger partial charge in [0, 0.05) is 19.1 Å². The molecule has 4 heteroatoms. The van der Waals surface area contributed by atoms with Crippen molar-refractivity contribution in [1.29, 1.82) is 0 Å². The van der Waals surface area contributed by atoms with E-state index in [0.717, 1.165) is 38.3 Å². The smallest absolute Gasteiger partial charge is 0.410 e. The zero-order chi connectivity index (χ0) is 14.8. The Balaban J connectivity index is 1.86. The number of nitrogens with zero attached hydrogens (tertiary/aromatic N) is 1. The first-order chi connectivity index (χ1) is 9.35. The molecule has 0 aromatic carbocycles. The van der Waals surface area contributed by atoms with E-state index in [0.29, 0.717) is 12.0 Å². The molecule has 116 valence electrons. The molecule has 1 atom stereocenters. The Morgan fingerprint density at radius 3 is 2.35 bits per heavy atom. The van der Waals surface area contributed by atoms with Gasteiger partial charge in [0.15, 0.2) is 0 Å². The van der Waals surface area contributed by atoms with Crippen molar-refractivity contribution in [2.24, 2.45) is 17.6 Å². The van der Waals surface area contributed by atoms with Crippen LogP contribution in [0.2, 0.25) is 0 Å². The van der Waals surface area contributed by atoms with Gasteiger partial charge in [-0.1, -0.05) is 0 Å². The van der Waals surface area contributed by atoms with Crippen LogP contribution in [0.15, 0.2) is 0 Å². The largest absolute Gasteiger partial charge is 0.444 e. The monoisotopic (exact) mass is 282 g/mol. The van der Waals surface area contributed by atoms with E-state index in [1.54, 1.807) is 0 Å². The van der Waals surface area contributed by atoms with Gasteiger partial charge in [0.05, 0.1) is 0 Å². The van der Waals surface area contributed by atoms with Crippen molar-refractivity contribution in [3.8, 4) is 0 Å². The molecule has 0 radical (unpaired) electrons. The highest BCUT2D eigenvalue weighted by Crippen LogP contribution is 2.34.